The molecule has 0 bridgehead atoms. The van der Waals surface area contributed by atoms with Crippen molar-refractivity contribution >= 4 is 22.3 Å². The predicted molar refractivity (Wildman–Crippen MR) is 89.3 cm³/mol. The fourth-order valence-electron chi connectivity index (χ4n) is 2.43. The second-order valence-corrected chi connectivity index (χ2v) is 5.05. The van der Waals surface area contributed by atoms with Crippen LogP contribution in [0.3, 0.4) is 0 Å². The van der Waals surface area contributed by atoms with Gasteiger partial charge in [-0.05, 0) is 37.3 Å². The van der Waals surface area contributed by atoms with Crippen LogP contribution in [0, 0.1) is 6.92 Å². The molecule has 1 N–H and O–H groups in total. The van der Waals surface area contributed by atoms with Crippen LogP contribution in [0.2, 0.25) is 0 Å². The fourth-order valence-corrected chi connectivity index (χ4v) is 2.43. The van der Waals surface area contributed by atoms with Crippen LogP contribution in [0.15, 0.2) is 48.5 Å². The fraction of sp³-hybridized carbons (Fsp3) is 0.167. The van der Waals surface area contributed by atoms with Gasteiger partial charge in [-0.15, -0.1) is 0 Å². The van der Waals surface area contributed by atoms with Gasteiger partial charge < -0.3 is 14.8 Å². The molecule has 1 heterocycles. The average Bonchev–Trinajstić information content (AvgIpc) is 2.54. The van der Waals surface area contributed by atoms with Crippen LogP contribution in [-0.4, -0.2) is 19.2 Å². The number of nitrogens with zero attached hydrogens (tertiary/aromatic N) is 1. The van der Waals surface area contributed by atoms with Gasteiger partial charge in [0.25, 0.3) is 0 Å². The lowest BCUT2D eigenvalue weighted by atomic mass is 10.1. The Morgan fingerprint density at radius 1 is 0.909 bits per heavy atom. The maximum atomic E-state index is 5.27. The van der Waals surface area contributed by atoms with Crippen LogP contribution >= 0.6 is 0 Å². The Morgan fingerprint density at radius 2 is 1.68 bits per heavy atom. The van der Waals surface area contributed by atoms with Crippen molar-refractivity contribution in [3.63, 3.8) is 0 Å². The molecule has 0 unspecified atom stereocenters. The summed E-state index contributed by atoms with van der Waals surface area (Å²) >= 11 is 0. The topological polar surface area (TPSA) is 43.4 Å². The molecule has 2 aromatic carbocycles. The Labute approximate surface area is 129 Å². The number of hydrogen-bond donors (Lipinski definition) is 1. The van der Waals surface area contributed by atoms with Crippen molar-refractivity contribution in [2.45, 2.75) is 6.92 Å². The van der Waals surface area contributed by atoms with Gasteiger partial charge >= 0.3 is 0 Å². The van der Waals surface area contributed by atoms with Crippen molar-refractivity contribution in [1.82, 2.24) is 4.98 Å². The van der Waals surface area contributed by atoms with Crippen LogP contribution in [-0.2, 0) is 0 Å². The molecule has 0 spiro atoms. The molecule has 4 nitrogen and oxygen atoms in total. The van der Waals surface area contributed by atoms with Gasteiger partial charge in [-0.2, -0.15) is 0 Å². The number of benzene rings is 2. The lowest BCUT2D eigenvalue weighted by Gasteiger charge is -2.12. The van der Waals surface area contributed by atoms with Gasteiger partial charge in [0.2, 0.25) is 0 Å². The molecule has 0 saturated heterocycles. The highest BCUT2D eigenvalue weighted by atomic mass is 16.5. The predicted octanol–water partition coefficient (Wildman–Crippen LogP) is 4.30. The van der Waals surface area contributed by atoms with Crippen LogP contribution in [0.4, 0.5) is 11.4 Å². The monoisotopic (exact) mass is 294 g/mol. The van der Waals surface area contributed by atoms with Gasteiger partial charge in [0.15, 0.2) is 0 Å². The highest BCUT2D eigenvalue weighted by molar-refractivity contribution is 5.94. The molecule has 3 aromatic rings. The minimum absolute atomic E-state index is 0.804. The Hall–Kier alpha value is -2.75. The third kappa shape index (κ3) is 2.81. The first-order valence-electron chi connectivity index (χ1n) is 7.06. The van der Waals surface area contributed by atoms with Crippen LogP contribution < -0.4 is 14.8 Å². The van der Waals surface area contributed by atoms with Crippen molar-refractivity contribution < 1.29 is 9.47 Å². The Morgan fingerprint density at radius 3 is 2.45 bits per heavy atom. The number of ether oxygens (including phenoxy) is 2. The molecule has 0 fully saturated rings. The minimum Gasteiger partial charge on any atom is -0.497 e. The van der Waals surface area contributed by atoms with E-state index in [0.717, 1.165) is 39.5 Å². The standard InChI is InChI=1S/C18H18N2O2/c1-12-9-17(20-13-5-4-6-14(10-13)21-2)16-8-7-15(22-3)11-18(16)19-12/h4-11H,1-3H3,(H,19,20). The molecule has 112 valence electrons. The second kappa shape index (κ2) is 5.93. The van der Waals surface area contributed by atoms with Crippen LogP contribution in [0.25, 0.3) is 10.9 Å². The summed E-state index contributed by atoms with van der Waals surface area (Å²) in [5, 5.41) is 4.49. The van der Waals surface area contributed by atoms with E-state index in [1.54, 1.807) is 14.2 Å². The second-order valence-electron chi connectivity index (χ2n) is 5.05. The molecular formula is C18H18N2O2. The highest BCUT2D eigenvalue weighted by Crippen LogP contribution is 2.30. The van der Waals surface area contributed by atoms with Gasteiger partial charge in [0, 0.05) is 34.6 Å². The number of aryl methyl sites for hydroxylation is 1. The van der Waals surface area contributed by atoms with E-state index in [1.807, 2.05) is 55.5 Å². The number of rotatable bonds is 4. The van der Waals surface area contributed by atoms with Crippen molar-refractivity contribution in [2.24, 2.45) is 0 Å². The van der Waals surface area contributed by atoms with Gasteiger partial charge in [-0.1, -0.05) is 6.07 Å². The Bertz CT molecular complexity index is 815. The molecule has 0 radical (unpaired) electrons. The summed E-state index contributed by atoms with van der Waals surface area (Å²) in [7, 11) is 3.32. The number of nitrogens with one attached hydrogen (secondary N) is 1. The Kier molecular flexibility index (Phi) is 3.83. The molecule has 0 saturated carbocycles. The summed E-state index contributed by atoms with van der Waals surface area (Å²) in [5.41, 5.74) is 3.84. The molecule has 4 heteroatoms. The van der Waals surface area contributed by atoms with Gasteiger partial charge in [0.05, 0.1) is 19.7 Å². The molecule has 0 aliphatic rings. The van der Waals surface area contributed by atoms with Crippen molar-refractivity contribution in [2.75, 3.05) is 19.5 Å². The molecule has 0 amide bonds. The zero-order chi connectivity index (χ0) is 15.5. The smallest absolute Gasteiger partial charge is 0.121 e. The third-order valence-electron chi connectivity index (χ3n) is 3.49. The van der Waals surface area contributed by atoms with E-state index in [9.17, 15) is 0 Å². The first kappa shape index (κ1) is 14.2. The molecular weight excluding hydrogens is 276 g/mol. The SMILES string of the molecule is COc1cccc(Nc2cc(C)nc3cc(OC)ccc23)c1. The first-order valence-corrected chi connectivity index (χ1v) is 7.06. The first-order chi connectivity index (χ1) is 10.7. The molecule has 1 aromatic heterocycles. The van der Waals surface area contributed by atoms with Crippen LogP contribution in [0.1, 0.15) is 5.69 Å². The number of hydrogen-bond acceptors (Lipinski definition) is 4. The minimum atomic E-state index is 0.804. The summed E-state index contributed by atoms with van der Waals surface area (Å²) in [6.45, 7) is 1.98. The van der Waals surface area contributed by atoms with Crippen LogP contribution in [0.5, 0.6) is 11.5 Å². The summed E-state index contributed by atoms with van der Waals surface area (Å²) in [6, 6.07) is 15.8. The van der Waals surface area contributed by atoms with E-state index >= 15 is 0 Å². The van der Waals surface area contributed by atoms with Gasteiger partial charge in [-0.3, -0.25) is 4.98 Å². The van der Waals surface area contributed by atoms with E-state index in [1.165, 1.54) is 0 Å². The van der Waals surface area contributed by atoms with Gasteiger partial charge in [0.1, 0.15) is 11.5 Å². The van der Waals surface area contributed by atoms with E-state index in [4.69, 9.17) is 9.47 Å². The lowest BCUT2D eigenvalue weighted by Crippen LogP contribution is -1.95. The molecule has 22 heavy (non-hydrogen) atoms. The van der Waals surface area contributed by atoms with E-state index in [2.05, 4.69) is 10.3 Å². The summed E-state index contributed by atoms with van der Waals surface area (Å²) in [6.07, 6.45) is 0. The normalized spacial score (nSPS) is 10.5. The highest BCUT2D eigenvalue weighted by Gasteiger charge is 2.06. The van der Waals surface area contributed by atoms with Gasteiger partial charge in [-0.25, -0.2) is 0 Å². The summed E-state index contributed by atoms with van der Waals surface area (Å²) < 4.78 is 10.5. The maximum absolute atomic E-state index is 5.27. The van der Waals surface area contributed by atoms with E-state index in [0.29, 0.717) is 0 Å². The van der Waals surface area contributed by atoms with Crippen molar-refractivity contribution in [3.05, 3.63) is 54.2 Å². The molecule has 0 atom stereocenters. The van der Waals surface area contributed by atoms with E-state index in [-0.39, 0.29) is 0 Å². The van der Waals surface area contributed by atoms with E-state index < -0.39 is 0 Å². The summed E-state index contributed by atoms with van der Waals surface area (Å²) in [4.78, 5) is 4.58. The van der Waals surface area contributed by atoms with Crippen molar-refractivity contribution in [3.8, 4) is 11.5 Å². The molecule has 3 rings (SSSR count). The number of fused-ring (bicyclic) bond motifs is 1. The third-order valence-corrected chi connectivity index (χ3v) is 3.49. The average molecular weight is 294 g/mol. The quantitative estimate of drug-likeness (QED) is 0.779. The number of methoxy groups -OCH3 is 2. The zero-order valence-electron chi connectivity index (χ0n) is 12.9. The largest absolute Gasteiger partial charge is 0.497 e. The summed E-state index contributed by atoms with van der Waals surface area (Å²) in [5.74, 6) is 1.62. The number of aromatic nitrogens is 1. The maximum Gasteiger partial charge on any atom is 0.121 e. The van der Waals surface area contributed by atoms with Crippen molar-refractivity contribution in [1.29, 1.82) is 0 Å². The lowest BCUT2D eigenvalue weighted by molar-refractivity contribution is 0.415. The zero-order valence-corrected chi connectivity index (χ0v) is 12.9. The number of pyridine rings is 1. The Balaban J connectivity index is 2.05. The number of anilines is 2. The molecule has 0 aliphatic carbocycles. The molecule has 0 aliphatic heterocycles.